The smallest absolute Gasteiger partial charge is 0.335 e. The zero-order valence-electron chi connectivity index (χ0n) is 17.3. The minimum absolute atomic E-state index is 0.0625. The van der Waals surface area contributed by atoms with Crippen molar-refractivity contribution in [2.45, 2.75) is 39.4 Å². The van der Waals surface area contributed by atoms with E-state index in [0.29, 0.717) is 5.56 Å². The Bertz CT molecular complexity index is 781. The average Bonchev–Trinajstić information content (AvgIpc) is 2.68. The Balaban J connectivity index is 2.77. The third-order valence-electron chi connectivity index (χ3n) is 3.76. The lowest BCUT2D eigenvalue weighted by atomic mass is 10.1. The maximum atomic E-state index is 12.6. The first-order chi connectivity index (χ1) is 14.2. The van der Waals surface area contributed by atoms with Crippen molar-refractivity contribution in [3.8, 4) is 0 Å². The summed E-state index contributed by atoms with van der Waals surface area (Å²) >= 11 is 0. The van der Waals surface area contributed by atoms with E-state index in [1.807, 2.05) is 0 Å². The number of hydrogen-bond acceptors (Lipinski definition) is 7. The van der Waals surface area contributed by atoms with E-state index in [9.17, 15) is 24.1 Å². The predicted octanol–water partition coefficient (Wildman–Crippen LogP) is 3.15. The molecule has 0 aromatic heterocycles. The molecule has 0 saturated carbocycles. The summed E-state index contributed by atoms with van der Waals surface area (Å²) in [6.45, 7) is 5.81. The second-order valence-corrected chi connectivity index (χ2v) is 8.11. The quantitative estimate of drug-likeness (QED) is 0.271. The molecule has 0 spiro atoms. The molecule has 0 fully saturated rings. The molecular formula is C20H28NO8P. The molecule has 0 radical (unpaired) electrons. The number of hydrogen-bond donors (Lipinski definition) is 2. The second-order valence-electron chi connectivity index (χ2n) is 6.06. The first kappa shape index (κ1) is 25.6. The van der Waals surface area contributed by atoms with Crippen LogP contribution >= 0.6 is 7.60 Å². The summed E-state index contributed by atoms with van der Waals surface area (Å²) in [6, 6.07) is 5.01. The Morgan fingerprint density at radius 1 is 1.07 bits per heavy atom. The average molecular weight is 441 g/mol. The van der Waals surface area contributed by atoms with Crippen LogP contribution < -0.4 is 5.32 Å². The van der Waals surface area contributed by atoms with E-state index in [1.54, 1.807) is 32.9 Å². The van der Waals surface area contributed by atoms with E-state index in [4.69, 9.17) is 13.8 Å². The fraction of sp³-hybridized carbons (Fsp3) is 0.450. The number of esters is 1. The molecule has 9 nitrogen and oxygen atoms in total. The summed E-state index contributed by atoms with van der Waals surface area (Å²) in [6.07, 6.45) is 2.44. The lowest BCUT2D eigenvalue weighted by Crippen LogP contribution is -2.40. The third kappa shape index (κ3) is 8.90. The van der Waals surface area contributed by atoms with Crippen LogP contribution in [0.15, 0.2) is 36.4 Å². The van der Waals surface area contributed by atoms with E-state index >= 15 is 0 Å². The minimum Gasteiger partial charge on any atom is -0.480 e. The van der Waals surface area contributed by atoms with Gasteiger partial charge in [0.2, 0.25) is 0 Å². The van der Waals surface area contributed by atoms with Gasteiger partial charge in [0.1, 0.15) is 6.04 Å². The first-order valence-electron chi connectivity index (χ1n) is 9.58. The van der Waals surface area contributed by atoms with Gasteiger partial charge in [-0.15, -0.1) is 0 Å². The molecule has 0 aliphatic carbocycles. The van der Waals surface area contributed by atoms with Gasteiger partial charge >= 0.3 is 19.5 Å². The van der Waals surface area contributed by atoms with Crippen molar-refractivity contribution in [3.63, 3.8) is 0 Å². The van der Waals surface area contributed by atoms with E-state index in [2.05, 4.69) is 5.32 Å². The van der Waals surface area contributed by atoms with Gasteiger partial charge in [0, 0.05) is 11.6 Å². The fourth-order valence-corrected chi connectivity index (χ4v) is 4.16. The zero-order valence-corrected chi connectivity index (χ0v) is 18.2. The maximum absolute atomic E-state index is 12.6. The topological polar surface area (TPSA) is 128 Å². The molecule has 1 rings (SSSR count). The summed E-state index contributed by atoms with van der Waals surface area (Å²) in [5.41, 5.74) is 0.894. The molecule has 0 aliphatic heterocycles. The normalized spacial score (nSPS) is 12.5. The van der Waals surface area contributed by atoms with Gasteiger partial charge < -0.3 is 24.2 Å². The van der Waals surface area contributed by atoms with Crippen molar-refractivity contribution in [2.24, 2.45) is 0 Å². The number of carbonyl (C=O) groups excluding carboxylic acids is 2. The van der Waals surface area contributed by atoms with Gasteiger partial charge in [0.05, 0.1) is 26.0 Å². The summed E-state index contributed by atoms with van der Waals surface area (Å²) < 4.78 is 27.8. The highest BCUT2D eigenvalue weighted by molar-refractivity contribution is 7.53. The van der Waals surface area contributed by atoms with Crippen LogP contribution in [0, 0.1) is 0 Å². The molecule has 1 amide bonds. The number of nitrogens with one attached hydrogen (secondary N) is 1. The van der Waals surface area contributed by atoms with Crippen LogP contribution in [-0.4, -0.2) is 48.8 Å². The molecule has 1 atom stereocenters. The Hall–Kier alpha value is -2.48. The minimum atomic E-state index is -3.27. The van der Waals surface area contributed by atoms with E-state index in [0.717, 1.165) is 6.08 Å². The molecule has 1 aromatic carbocycles. The standard InChI is InChI=1S/C20H28NO8P/c1-4-27-18(22)9-7-8-17(20(24)25)21-19(23)16-12-10-15(11-13-16)14-30(26,28-5-2)29-6-3/h7,9-13,17H,4-6,8,14H2,1-3H3,(H,21,23)(H,24,25)/b9-7+/t17-/m0/s1. The van der Waals surface area contributed by atoms with Gasteiger partial charge in [-0.25, -0.2) is 9.59 Å². The Kier molecular flexibility index (Phi) is 11.0. The van der Waals surface area contributed by atoms with Crippen LogP contribution in [0.1, 0.15) is 43.1 Å². The van der Waals surface area contributed by atoms with Crippen molar-refractivity contribution in [1.29, 1.82) is 0 Å². The molecule has 0 bridgehead atoms. The number of ether oxygens (including phenoxy) is 1. The van der Waals surface area contributed by atoms with Crippen LogP contribution in [0.4, 0.5) is 0 Å². The monoisotopic (exact) mass is 441 g/mol. The van der Waals surface area contributed by atoms with Crippen LogP contribution in [0.25, 0.3) is 0 Å². The highest BCUT2D eigenvalue weighted by Gasteiger charge is 2.24. The summed E-state index contributed by atoms with van der Waals surface area (Å²) in [5.74, 6) is -2.40. The van der Waals surface area contributed by atoms with Crippen molar-refractivity contribution in [2.75, 3.05) is 19.8 Å². The molecule has 1 aromatic rings. The van der Waals surface area contributed by atoms with Crippen molar-refractivity contribution in [3.05, 3.63) is 47.5 Å². The summed E-state index contributed by atoms with van der Waals surface area (Å²) in [7, 11) is -3.27. The highest BCUT2D eigenvalue weighted by atomic mass is 31.2. The molecule has 166 valence electrons. The van der Waals surface area contributed by atoms with Crippen LogP contribution in [-0.2, 0) is 34.1 Å². The van der Waals surface area contributed by atoms with Gasteiger partial charge in [-0.2, -0.15) is 0 Å². The SMILES string of the molecule is CCOC(=O)/C=C/C[C@H](NC(=O)c1ccc(CP(=O)(OCC)OCC)cc1)C(=O)O. The molecule has 0 unspecified atom stereocenters. The third-order valence-corrected chi connectivity index (χ3v) is 5.82. The van der Waals surface area contributed by atoms with Crippen LogP contribution in [0.2, 0.25) is 0 Å². The molecule has 0 saturated heterocycles. The van der Waals surface area contributed by atoms with Crippen LogP contribution in [0.3, 0.4) is 0 Å². The molecule has 0 heterocycles. The Morgan fingerprint density at radius 2 is 1.67 bits per heavy atom. The van der Waals surface area contributed by atoms with E-state index in [-0.39, 0.29) is 38.0 Å². The fourth-order valence-electron chi connectivity index (χ4n) is 2.46. The lowest BCUT2D eigenvalue weighted by Gasteiger charge is -2.17. The van der Waals surface area contributed by atoms with Gasteiger partial charge in [-0.1, -0.05) is 18.2 Å². The predicted molar refractivity (Wildman–Crippen MR) is 110 cm³/mol. The highest BCUT2D eigenvalue weighted by Crippen LogP contribution is 2.51. The van der Waals surface area contributed by atoms with Gasteiger partial charge in [-0.3, -0.25) is 9.36 Å². The van der Waals surface area contributed by atoms with E-state index in [1.165, 1.54) is 18.2 Å². The number of rotatable bonds is 13. The van der Waals surface area contributed by atoms with Crippen molar-refractivity contribution >= 4 is 25.4 Å². The Labute approximate surface area is 175 Å². The summed E-state index contributed by atoms with van der Waals surface area (Å²) in [4.78, 5) is 35.0. The number of benzene rings is 1. The van der Waals surface area contributed by atoms with Gasteiger partial charge in [0.25, 0.3) is 5.91 Å². The van der Waals surface area contributed by atoms with Crippen molar-refractivity contribution in [1.82, 2.24) is 5.32 Å². The maximum Gasteiger partial charge on any atom is 0.335 e. The number of carbonyl (C=O) groups is 3. The molecule has 0 aliphatic rings. The molecule has 2 N–H and O–H groups in total. The van der Waals surface area contributed by atoms with Crippen molar-refractivity contribution < 1.29 is 37.8 Å². The second kappa shape index (κ2) is 13.0. The Morgan fingerprint density at radius 3 is 2.17 bits per heavy atom. The molecular weight excluding hydrogens is 413 g/mol. The van der Waals surface area contributed by atoms with Gasteiger partial charge in [-0.05, 0) is 44.9 Å². The lowest BCUT2D eigenvalue weighted by molar-refractivity contribution is -0.139. The number of amides is 1. The largest absolute Gasteiger partial charge is 0.480 e. The van der Waals surface area contributed by atoms with E-state index < -0.39 is 31.5 Å². The van der Waals surface area contributed by atoms with Crippen LogP contribution in [0.5, 0.6) is 0 Å². The summed E-state index contributed by atoms with van der Waals surface area (Å²) in [5, 5.41) is 11.7. The number of carboxylic acid groups (broad SMARTS) is 1. The first-order valence-corrected chi connectivity index (χ1v) is 11.3. The molecule has 10 heteroatoms. The van der Waals surface area contributed by atoms with Gasteiger partial charge in [0.15, 0.2) is 0 Å². The molecule has 30 heavy (non-hydrogen) atoms. The number of aliphatic carboxylic acids is 1. The number of carboxylic acids is 1. The zero-order chi connectivity index (χ0) is 22.6.